The van der Waals surface area contributed by atoms with E-state index < -0.39 is 0 Å². The highest BCUT2D eigenvalue weighted by molar-refractivity contribution is 6.32. The summed E-state index contributed by atoms with van der Waals surface area (Å²) in [4.78, 5) is 26.8. The summed E-state index contributed by atoms with van der Waals surface area (Å²) in [5.74, 6) is 0.747. The number of carbonyl (C=O) groups excluding carboxylic acids is 2. The standard InChI is InChI=1S/C18H23ClN2O3/c1-11-4-3-7-21(10-11)18(23)14-9-13(14)17(22)20-12-5-6-16(24-2)15(19)8-12/h5-6,8,11,13-14H,3-4,7,9-10H2,1-2H3,(H,20,22). The highest BCUT2D eigenvalue weighted by atomic mass is 35.5. The van der Waals surface area contributed by atoms with Crippen molar-refractivity contribution < 1.29 is 14.3 Å². The molecule has 3 rings (SSSR count). The van der Waals surface area contributed by atoms with Gasteiger partial charge in [-0.1, -0.05) is 18.5 Å². The van der Waals surface area contributed by atoms with E-state index in [1.807, 2.05) is 4.90 Å². The van der Waals surface area contributed by atoms with E-state index in [0.29, 0.717) is 28.8 Å². The summed E-state index contributed by atoms with van der Waals surface area (Å²) in [6.45, 7) is 3.81. The smallest absolute Gasteiger partial charge is 0.228 e. The second-order valence-corrected chi connectivity index (χ2v) is 7.23. The van der Waals surface area contributed by atoms with Crippen LogP contribution in [0.4, 0.5) is 5.69 Å². The molecule has 2 amide bonds. The molecule has 1 aromatic carbocycles. The van der Waals surface area contributed by atoms with E-state index in [-0.39, 0.29) is 23.7 Å². The Morgan fingerprint density at radius 3 is 2.79 bits per heavy atom. The van der Waals surface area contributed by atoms with Gasteiger partial charge in [-0.2, -0.15) is 0 Å². The van der Waals surface area contributed by atoms with E-state index in [9.17, 15) is 9.59 Å². The number of ether oxygens (including phenoxy) is 1. The zero-order chi connectivity index (χ0) is 17.3. The molecule has 2 fully saturated rings. The fourth-order valence-electron chi connectivity index (χ4n) is 3.36. The van der Waals surface area contributed by atoms with Crippen LogP contribution in [-0.2, 0) is 9.59 Å². The first-order valence-electron chi connectivity index (χ1n) is 8.42. The maximum absolute atomic E-state index is 12.5. The Hall–Kier alpha value is -1.75. The van der Waals surface area contributed by atoms with Gasteiger partial charge in [-0.15, -0.1) is 0 Å². The average molecular weight is 351 g/mol. The zero-order valence-corrected chi connectivity index (χ0v) is 14.8. The van der Waals surface area contributed by atoms with Crippen molar-refractivity contribution in [2.75, 3.05) is 25.5 Å². The summed E-state index contributed by atoms with van der Waals surface area (Å²) in [5.41, 5.74) is 0.621. The summed E-state index contributed by atoms with van der Waals surface area (Å²) in [6, 6.07) is 5.11. The van der Waals surface area contributed by atoms with Crippen molar-refractivity contribution in [1.29, 1.82) is 0 Å². The van der Waals surface area contributed by atoms with E-state index in [0.717, 1.165) is 19.5 Å². The molecule has 1 N–H and O–H groups in total. The van der Waals surface area contributed by atoms with Crippen LogP contribution in [0.3, 0.4) is 0 Å². The molecule has 0 aromatic heterocycles. The molecule has 1 saturated carbocycles. The SMILES string of the molecule is COc1ccc(NC(=O)C2CC2C(=O)N2CCCC(C)C2)cc1Cl. The van der Waals surface area contributed by atoms with E-state index in [1.54, 1.807) is 25.3 Å². The first-order valence-corrected chi connectivity index (χ1v) is 8.80. The van der Waals surface area contributed by atoms with Crippen LogP contribution in [0.2, 0.25) is 5.02 Å². The number of halogens is 1. The number of piperidine rings is 1. The summed E-state index contributed by atoms with van der Waals surface area (Å²) in [6.07, 6.45) is 2.87. The third-order valence-electron chi connectivity index (χ3n) is 4.83. The van der Waals surface area contributed by atoms with Crippen LogP contribution in [-0.4, -0.2) is 36.9 Å². The van der Waals surface area contributed by atoms with E-state index >= 15 is 0 Å². The summed E-state index contributed by atoms with van der Waals surface area (Å²) < 4.78 is 5.09. The Labute approximate surface area is 147 Å². The lowest BCUT2D eigenvalue weighted by Crippen LogP contribution is -2.40. The molecule has 0 bridgehead atoms. The van der Waals surface area contributed by atoms with Crippen molar-refractivity contribution in [3.05, 3.63) is 23.2 Å². The lowest BCUT2D eigenvalue weighted by molar-refractivity contribution is -0.135. The lowest BCUT2D eigenvalue weighted by atomic mass is 10.00. The van der Waals surface area contributed by atoms with Crippen LogP contribution in [0.15, 0.2) is 18.2 Å². The molecule has 24 heavy (non-hydrogen) atoms. The molecule has 0 spiro atoms. The van der Waals surface area contributed by atoms with E-state index in [1.165, 1.54) is 6.42 Å². The van der Waals surface area contributed by atoms with Gasteiger partial charge in [0.25, 0.3) is 0 Å². The van der Waals surface area contributed by atoms with Crippen LogP contribution in [0.1, 0.15) is 26.2 Å². The van der Waals surface area contributed by atoms with Gasteiger partial charge in [0.15, 0.2) is 0 Å². The van der Waals surface area contributed by atoms with Gasteiger partial charge in [-0.25, -0.2) is 0 Å². The predicted molar refractivity (Wildman–Crippen MR) is 93.2 cm³/mol. The quantitative estimate of drug-likeness (QED) is 0.907. The predicted octanol–water partition coefficient (Wildman–Crippen LogP) is 3.18. The Bertz CT molecular complexity index is 649. The first-order chi connectivity index (χ1) is 11.5. The van der Waals surface area contributed by atoms with Crippen LogP contribution in [0.5, 0.6) is 5.75 Å². The molecule has 130 valence electrons. The number of hydrogen-bond donors (Lipinski definition) is 1. The Balaban J connectivity index is 1.55. The lowest BCUT2D eigenvalue weighted by Gasteiger charge is -2.31. The molecule has 2 aliphatic rings. The van der Waals surface area contributed by atoms with Gasteiger partial charge < -0.3 is 15.0 Å². The number of hydrogen-bond acceptors (Lipinski definition) is 3. The van der Waals surface area contributed by atoms with Crippen molar-refractivity contribution >= 4 is 29.1 Å². The normalized spacial score (nSPS) is 26.0. The minimum atomic E-state index is -0.226. The average Bonchev–Trinajstić information content (AvgIpc) is 3.35. The molecule has 0 radical (unpaired) electrons. The van der Waals surface area contributed by atoms with Gasteiger partial charge in [0.2, 0.25) is 11.8 Å². The summed E-state index contributed by atoms with van der Waals surface area (Å²) in [7, 11) is 1.54. The molecule has 1 heterocycles. The number of anilines is 1. The largest absolute Gasteiger partial charge is 0.495 e. The van der Waals surface area contributed by atoms with Crippen molar-refractivity contribution in [3.8, 4) is 5.75 Å². The molecular weight excluding hydrogens is 328 g/mol. The topological polar surface area (TPSA) is 58.6 Å². The third-order valence-corrected chi connectivity index (χ3v) is 5.13. The highest BCUT2D eigenvalue weighted by Gasteiger charge is 2.49. The van der Waals surface area contributed by atoms with Gasteiger partial charge >= 0.3 is 0 Å². The maximum Gasteiger partial charge on any atom is 0.228 e. The fraction of sp³-hybridized carbons (Fsp3) is 0.556. The molecule has 5 nitrogen and oxygen atoms in total. The monoisotopic (exact) mass is 350 g/mol. The Morgan fingerprint density at radius 1 is 1.33 bits per heavy atom. The third kappa shape index (κ3) is 3.66. The molecule has 1 aromatic rings. The van der Waals surface area contributed by atoms with Gasteiger partial charge in [-0.3, -0.25) is 9.59 Å². The number of benzene rings is 1. The number of rotatable bonds is 4. The second-order valence-electron chi connectivity index (χ2n) is 6.82. The van der Waals surface area contributed by atoms with Crippen LogP contribution in [0, 0.1) is 17.8 Å². The number of nitrogens with one attached hydrogen (secondary N) is 1. The minimum absolute atomic E-state index is 0.111. The molecule has 1 aliphatic carbocycles. The molecule has 1 aliphatic heterocycles. The number of nitrogens with zero attached hydrogens (tertiary/aromatic N) is 1. The highest BCUT2D eigenvalue weighted by Crippen LogP contribution is 2.41. The number of likely N-dealkylation sites (tertiary alicyclic amines) is 1. The van der Waals surface area contributed by atoms with Gasteiger partial charge in [0.1, 0.15) is 5.75 Å². The van der Waals surface area contributed by atoms with Gasteiger partial charge in [-0.05, 0) is 43.4 Å². The van der Waals surface area contributed by atoms with Crippen LogP contribution >= 0.6 is 11.6 Å². The summed E-state index contributed by atoms with van der Waals surface area (Å²) >= 11 is 6.07. The van der Waals surface area contributed by atoms with Crippen molar-refractivity contribution in [2.24, 2.45) is 17.8 Å². The second kappa shape index (κ2) is 7.01. The Morgan fingerprint density at radius 2 is 2.12 bits per heavy atom. The van der Waals surface area contributed by atoms with Crippen LogP contribution < -0.4 is 10.1 Å². The van der Waals surface area contributed by atoms with Crippen molar-refractivity contribution in [1.82, 2.24) is 4.90 Å². The van der Waals surface area contributed by atoms with Gasteiger partial charge in [0.05, 0.1) is 24.0 Å². The Kier molecular flexibility index (Phi) is 4.99. The molecular formula is C18H23ClN2O3. The fourth-order valence-corrected chi connectivity index (χ4v) is 3.62. The summed E-state index contributed by atoms with van der Waals surface area (Å²) in [5, 5.41) is 3.29. The molecule has 3 unspecified atom stereocenters. The zero-order valence-electron chi connectivity index (χ0n) is 14.0. The van der Waals surface area contributed by atoms with Crippen molar-refractivity contribution in [2.45, 2.75) is 26.2 Å². The number of methoxy groups -OCH3 is 1. The molecule has 3 atom stereocenters. The minimum Gasteiger partial charge on any atom is -0.495 e. The van der Waals surface area contributed by atoms with E-state index in [2.05, 4.69) is 12.2 Å². The van der Waals surface area contributed by atoms with E-state index in [4.69, 9.17) is 16.3 Å². The molecule has 6 heteroatoms. The number of carbonyl (C=O) groups is 2. The molecule has 1 saturated heterocycles. The first kappa shape index (κ1) is 17.1. The maximum atomic E-state index is 12.5. The van der Waals surface area contributed by atoms with Crippen molar-refractivity contribution in [3.63, 3.8) is 0 Å². The van der Waals surface area contributed by atoms with Crippen LogP contribution in [0.25, 0.3) is 0 Å². The van der Waals surface area contributed by atoms with Gasteiger partial charge in [0, 0.05) is 18.8 Å². The number of amides is 2.